The second-order valence-electron chi connectivity index (χ2n) is 8.67. The molecule has 20 heavy (non-hydrogen) atoms. The number of rotatable bonds is 4. The van der Waals surface area contributed by atoms with Crippen LogP contribution in [0.25, 0.3) is 0 Å². The van der Waals surface area contributed by atoms with Crippen molar-refractivity contribution in [3.8, 4) is 0 Å². The molecule has 2 N–H and O–H groups in total. The van der Waals surface area contributed by atoms with Crippen LogP contribution in [0.15, 0.2) is 0 Å². The molecule has 0 bridgehead atoms. The van der Waals surface area contributed by atoms with Crippen molar-refractivity contribution in [3.05, 3.63) is 0 Å². The topological polar surface area (TPSA) is 52.3 Å². The van der Waals surface area contributed by atoms with Crippen LogP contribution in [0.3, 0.4) is 0 Å². The van der Waals surface area contributed by atoms with E-state index in [2.05, 4.69) is 41.5 Å². The largest absolute Gasteiger partial charge is 0.462 e. The molecule has 0 saturated heterocycles. The summed E-state index contributed by atoms with van der Waals surface area (Å²) >= 11 is 0. The highest BCUT2D eigenvalue weighted by atomic mass is 16.5. The minimum absolute atomic E-state index is 0.0651. The molecular formula is C17H33NO2. The van der Waals surface area contributed by atoms with Crippen molar-refractivity contribution in [1.82, 2.24) is 0 Å². The number of ether oxygens (including phenoxy) is 1. The Morgan fingerprint density at radius 1 is 1.35 bits per heavy atom. The summed E-state index contributed by atoms with van der Waals surface area (Å²) in [5.74, 6) is 0.350. The van der Waals surface area contributed by atoms with Gasteiger partial charge < -0.3 is 10.5 Å². The van der Waals surface area contributed by atoms with Crippen molar-refractivity contribution in [1.29, 1.82) is 0 Å². The molecule has 1 fully saturated rings. The Morgan fingerprint density at radius 2 is 1.95 bits per heavy atom. The van der Waals surface area contributed by atoms with Crippen LogP contribution in [0.1, 0.15) is 67.2 Å². The van der Waals surface area contributed by atoms with E-state index < -0.39 is 0 Å². The number of hydrogen-bond donors (Lipinski definition) is 1. The van der Waals surface area contributed by atoms with Crippen molar-refractivity contribution >= 4 is 5.97 Å². The first-order valence-electron chi connectivity index (χ1n) is 7.93. The van der Waals surface area contributed by atoms with Crippen LogP contribution in [0.2, 0.25) is 0 Å². The molecule has 1 aliphatic carbocycles. The number of esters is 1. The Labute approximate surface area is 124 Å². The van der Waals surface area contributed by atoms with Gasteiger partial charge in [0, 0.05) is 6.54 Å². The minimum Gasteiger partial charge on any atom is -0.462 e. The van der Waals surface area contributed by atoms with E-state index in [9.17, 15) is 4.79 Å². The summed E-state index contributed by atoms with van der Waals surface area (Å²) in [6, 6.07) is 0. The summed E-state index contributed by atoms with van der Waals surface area (Å²) in [6.07, 6.45) is 4.02. The molecule has 1 aliphatic rings. The summed E-state index contributed by atoms with van der Waals surface area (Å²) in [4.78, 5) is 12.3. The average molecular weight is 283 g/mol. The molecule has 0 radical (unpaired) electrons. The van der Waals surface area contributed by atoms with E-state index in [1.807, 2.05) is 0 Å². The smallest absolute Gasteiger partial charge is 0.310 e. The van der Waals surface area contributed by atoms with Gasteiger partial charge in [-0.15, -0.1) is 0 Å². The average Bonchev–Trinajstić information content (AvgIpc) is 2.21. The van der Waals surface area contributed by atoms with Crippen molar-refractivity contribution in [2.24, 2.45) is 28.4 Å². The molecule has 1 rings (SSSR count). The fraction of sp³-hybridized carbons (Fsp3) is 0.941. The highest BCUT2D eigenvalue weighted by Crippen LogP contribution is 2.40. The fourth-order valence-electron chi connectivity index (χ4n) is 3.61. The number of hydrogen-bond acceptors (Lipinski definition) is 3. The van der Waals surface area contributed by atoms with Gasteiger partial charge in [-0.3, -0.25) is 4.79 Å². The monoisotopic (exact) mass is 283 g/mol. The zero-order valence-electron chi connectivity index (χ0n) is 14.2. The molecule has 3 nitrogen and oxygen atoms in total. The van der Waals surface area contributed by atoms with Crippen LogP contribution in [-0.4, -0.2) is 18.6 Å². The summed E-state index contributed by atoms with van der Waals surface area (Å²) in [7, 11) is 0. The van der Waals surface area contributed by atoms with Gasteiger partial charge in [-0.2, -0.15) is 0 Å². The molecule has 0 amide bonds. The number of carbonyl (C=O) groups excluding carboxylic acids is 1. The van der Waals surface area contributed by atoms with Crippen LogP contribution in [0, 0.1) is 22.7 Å². The van der Waals surface area contributed by atoms with E-state index in [4.69, 9.17) is 10.5 Å². The van der Waals surface area contributed by atoms with E-state index in [-0.39, 0.29) is 28.8 Å². The van der Waals surface area contributed by atoms with Gasteiger partial charge in [0.1, 0.15) is 6.10 Å². The molecule has 3 heteroatoms. The maximum atomic E-state index is 12.3. The SMILES string of the molecule is CC1CC(OC(=O)C(CN)CC(C)(C)C)CC(C)(C)C1. The Hall–Kier alpha value is -0.570. The van der Waals surface area contributed by atoms with Crippen LogP contribution in [-0.2, 0) is 9.53 Å². The summed E-state index contributed by atoms with van der Waals surface area (Å²) in [5.41, 5.74) is 6.13. The van der Waals surface area contributed by atoms with E-state index >= 15 is 0 Å². The highest BCUT2D eigenvalue weighted by Gasteiger charge is 2.35. The third kappa shape index (κ3) is 5.82. The second-order valence-corrected chi connectivity index (χ2v) is 8.67. The summed E-state index contributed by atoms with van der Waals surface area (Å²) < 4.78 is 5.78. The maximum Gasteiger partial charge on any atom is 0.310 e. The van der Waals surface area contributed by atoms with Crippen LogP contribution in [0.4, 0.5) is 0 Å². The molecule has 0 aliphatic heterocycles. The second kappa shape index (κ2) is 6.46. The lowest BCUT2D eigenvalue weighted by Gasteiger charge is -2.39. The van der Waals surface area contributed by atoms with E-state index in [0.717, 1.165) is 19.3 Å². The van der Waals surface area contributed by atoms with Gasteiger partial charge in [-0.25, -0.2) is 0 Å². The predicted octanol–water partition coefficient (Wildman–Crippen LogP) is 3.76. The molecule has 0 heterocycles. The maximum absolute atomic E-state index is 12.3. The Morgan fingerprint density at radius 3 is 2.40 bits per heavy atom. The first-order valence-corrected chi connectivity index (χ1v) is 7.93. The zero-order chi connectivity index (χ0) is 15.6. The Bertz CT molecular complexity index is 330. The Balaban J connectivity index is 2.60. The van der Waals surface area contributed by atoms with Crippen molar-refractivity contribution in [2.45, 2.75) is 73.3 Å². The molecule has 0 spiro atoms. The molecular weight excluding hydrogens is 250 g/mol. The standard InChI is InChI=1S/C17H33NO2/c1-12-7-14(10-17(5,6)8-12)20-15(19)13(11-18)9-16(2,3)4/h12-14H,7-11,18H2,1-6H3. The summed E-state index contributed by atoms with van der Waals surface area (Å²) in [5, 5.41) is 0. The third-order valence-electron chi connectivity index (χ3n) is 4.11. The lowest BCUT2D eigenvalue weighted by Crippen LogP contribution is -2.37. The summed E-state index contributed by atoms with van der Waals surface area (Å²) in [6.45, 7) is 13.6. The van der Waals surface area contributed by atoms with Crippen molar-refractivity contribution < 1.29 is 9.53 Å². The van der Waals surface area contributed by atoms with Gasteiger partial charge >= 0.3 is 5.97 Å². The van der Waals surface area contributed by atoms with Gasteiger partial charge in [0.25, 0.3) is 0 Å². The van der Waals surface area contributed by atoms with Gasteiger partial charge in [-0.05, 0) is 42.4 Å². The first kappa shape index (κ1) is 17.5. The van der Waals surface area contributed by atoms with Crippen molar-refractivity contribution in [2.75, 3.05) is 6.54 Å². The molecule has 0 aromatic carbocycles. The van der Waals surface area contributed by atoms with Gasteiger partial charge in [0.2, 0.25) is 0 Å². The number of nitrogens with two attached hydrogens (primary N) is 1. The van der Waals surface area contributed by atoms with E-state index in [1.165, 1.54) is 6.42 Å². The number of carbonyl (C=O) groups is 1. The van der Waals surface area contributed by atoms with Crippen molar-refractivity contribution in [3.63, 3.8) is 0 Å². The zero-order valence-corrected chi connectivity index (χ0v) is 14.2. The van der Waals surface area contributed by atoms with Crippen LogP contribution >= 0.6 is 0 Å². The van der Waals surface area contributed by atoms with Gasteiger partial charge in [0.05, 0.1) is 5.92 Å². The molecule has 1 saturated carbocycles. The molecule has 3 unspecified atom stereocenters. The minimum atomic E-state index is -0.171. The van der Waals surface area contributed by atoms with Gasteiger partial charge in [-0.1, -0.05) is 41.5 Å². The predicted molar refractivity (Wildman–Crippen MR) is 83.3 cm³/mol. The van der Waals surface area contributed by atoms with Crippen LogP contribution < -0.4 is 5.73 Å². The lowest BCUT2D eigenvalue weighted by atomic mass is 9.71. The van der Waals surface area contributed by atoms with E-state index in [1.54, 1.807) is 0 Å². The molecule has 3 atom stereocenters. The molecule has 0 aromatic rings. The Kier molecular flexibility index (Phi) is 5.65. The molecule has 0 aromatic heterocycles. The van der Waals surface area contributed by atoms with E-state index in [0.29, 0.717) is 12.5 Å². The van der Waals surface area contributed by atoms with Crippen LogP contribution in [0.5, 0.6) is 0 Å². The molecule has 118 valence electrons. The van der Waals surface area contributed by atoms with Gasteiger partial charge in [0.15, 0.2) is 0 Å². The fourth-order valence-corrected chi connectivity index (χ4v) is 3.61. The lowest BCUT2D eigenvalue weighted by molar-refractivity contribution is -0.159. The quantitative estimate of drug-likeness (QED) is 0.799. The highest BCUT2D eigenvalue weighted by molar-refractivity contribution is 5.73. The first-order chi connectivity index (χ1) is 9.02. The normalized spacial score (nSPS) is 27.9. The third-order valence-corrected chi connectivity index (χ3v) is 4.11.